The van der Waals surface area contributed by atoms with Gasteiger partial charge in [-0.1, -0.05) is 18.3 Å². The standard InChI is InChI=1S/C6H9NO2S/c1-2-3-7-5(10)4-6(8)9/h2H,1,3-4H2,(H,7,10)(H,8,9). The molecule has 0 heterocycles. The number of aliphatic carboxylic acids is 1. The SMILES string of the molecule is C=CCNC(=S)CC(=O)O. The van der Waals surface area contributed by atoms with Crippen molar-refractivity contribution in [1.82, 2.24) is 5.32 Å². The van der Waals surface area contributed by atoms with E-state index in [1.54, 1.807) is 6.08 Å². The minimum Gasteiger partial charge on any atom is -0.481 e. The highest BCUT2D eigenvalue weighted by Gasteiger charge is 2.00. The Kier molecular flexibility index (Phi) is 4.49. The fraction of sp³-hybridized carbons (Fsp3) is 0.333. The number of nitrogens with one attached hydrogen (secondary N) is 1. The second-order valence-corrected chi connectivity index (χ2v) is 2.16. The molecule has 0 atom stereocenters. The van der Waals surface area contributed by atoms with E-state index in [0.29, 0.717) is 11.5 Å². The first-order valence-electron chi connectivity index (χ1n) is 2.76. The van der Waals surface area contributed by atoms with Crippen LogP contribution in [0.4, 0.5) is 0 Å². The minimum atomic E-state index is -0.915. The first-order chi connectivity index (χ1) is 4.66. The van der Waals surface area contributed by atoms with E-state index in [1.807, 2.05) is 0 Å². The molecule has 10 heavy (non-hydrogen) atoms. The summed E-state index contributed by atoms with van der Waals surface area (Å²) in [5.41, 5.74) is 0. The van der Waals surface area contributed by atoms with E-state index in [-0.39, 0.29) is 6.42 Å². The summed E-state index contributed by atoms with van der Waals surface area (Å²) in [4.78, 5) is 10.4. The van der Waals surface area contributed by atoms with Crippen molar-refractivity contribution in [3.8, 4) is 0 Å². The predicted octanol–water partition coefficient (Wildman–Crippen LogP) is 0.564. The van der Waals surface area contributed by atoms with Gasteiger partial charge in [-0.25, -0.2) is 0 Å². The molecule has 56 valence electrons. The summed E-state index contributed by atoms with van der Waals surface area (Å²) in [6.45, 7) is 3.96. The average Bonchev–Trinajstić information content (AvgIpc) is 1.82. The van der Waals surface area contributed by atoms with Gasteiger partial charge in [-0.3, -0.25) is 4.79 Å². The lowest BCUT2D eigenvalue weighted by atomic mass is 10.4. The third kappa shape index (κ3) is 5.24. The highest BCUT2D eigenvalue weighted by molar-refractivity contribution is 7.80. The topological polar surface area (TPSA) is 49.3 Å². The molecule has 0 saturated carbocycles. The van der Waals surface area contributed by atoms with Crippen LogP contribution in [-0.4, -0.2) is 22.6 Å². The summed E-state index contributed by atoms with van der Waals surface area (Å²) in [7, 11) is 0. The van der Waals surface area contributed by atoms with Crippen molar-refractivity contribution < 1.29 is 9.90 Å². The molecule has 0 aromatic heterocycles. The van der Waals surface area contributed by atoms with Crippen LogP contribution in [0, 0.1) is 0 Å². The van der Waals surface area contributed by atoms with Crippen LogP contribution in [-0.2, 0) is 4.79 Å². The van der Waals surface area contributed by atoms with Crippen LogP contribution in [0.1, 0.15) is 6.42 Å². The molecule has 0 rings (SSSR count). The molecule has 0 amide bonds. The van der Waals surface area contributed by atoms with E-state index in [2.05, 4.69) is 24.1 Å². The molecule has 0 aromatic rings. The smallest absolute Gasteiger partial charge is 0.310 e. The maximum absolute atomic E-state index is 10.0. The Hall–Kier alpha value is -0.900. The van der Waals surface area contributed by atoms with E-state index in [1.165, 1.54) is 0 Å². The van der Waals surface area contributed by atoms with Gasteiger partial charge in [0.2, 0.25) is 0 Å². The molecule has 0 aliphatic carbocycles. The second-order valence-electron chi connectivity index (χ2n) is 1.66. The van der Waals surface area contributed by atoms with Gasteiger partial charge in [-0.05, 0) is 0 Å². The lowest BCUT2D eigenvalue weighted by Crippen LogP contribution is -2.23. The lowest BCUT2D eigenvalue weighted by Gasteiger charge is -2.00. The number of thiocarbonyl (C=S) groups is 1. The van der Waals surface area contributed by atoms with Gasteiger partial charge in [0.15, 0.2) is 0 Å². The van der Waals surface area contributed by atoms with E-state index >= 15 is 0 Å². The molecule has 0 saturated heterocycles. The van der Waals surface area contributed by atoms with Gasteiger partial charge in [0.1, 0.15) is 0 Å². The monoisotopic (exact) mass is 159 g/mol. The van der Waals surface area contributed by atoms with Crippen LogP contribution < -0.4 is 5.32 Å². The molecule has 0 aliphatic rings. The number of hydrogen-bond acceptors (Lipinski definition) is 2. The Labute approximate surface area is 64.7 Å². The molecule has 0 bridgehead atoms. The first kappa shape index (κ1) is 9.10. The fourth-order valence-corrected chi connectivity index (χ4v) is 0.593. The van der Waals surface area contributed by atoms with Gasteiger partial charge in [-0.2, -0.15) is 0 Å². The van der Waals surface area contributed by atoms with Crippen molar-refractivity contribution in [1.29, 1.82) is 0 Å². The number of rotatable bonds is 4. The quantitative estimate of drug-likeness (QED) is 0.465. The zero-order valence-electron chi connectivity index (χ0n) is 5.46. The first-order valence-corrected chi connectivity index (χ1v) is 3.17. The van der Waals surface area contributed by atoms with Gasteiger partial charge >= 0.3 is 5.97 Å². The van der Waals surface area contributed by atoms with Crippen LogP contribution in [0.3, 0.4) is 0 Å². The summed E-state index contributed by atoms with van der Waals surface area (Å²) >= 11 is 4.66. The molecular weight excluding hydrogens is 150 g/mol. The number of hydrogen-bond donors (Lipinski definition) is 2. The Morgan fingerprint density at radius 1 is 1.80 bits per heavy atom. The Morgan fingerprint density at radius 3 is 2.80 bits per heavy atom. The lowest BCUT2D eigenvalue weighted by molar-refractivity contribution is -0.135. The van der Waals surface area contributed by atoms with Crippen molar-refractivity contribution in [2.45, 2.75) is 6.42 Å². The van der Waals surface area contributed by atoms with Gasteiger partial charge in [0.05, 0.1) is 11.4 Å². The summed E-state index contributed by atoms with van der Waals surface area (Å²) < 4.78 is 0. The summed E-state index contributed by atoms with van der Waals surface area (Å²) in [6, 6.07) is 0. The van der Waals surface area contributed by atoms with Crippen LogP contribution >= 0.6 is 12.2 Å². The largest absolute Gasteiger partial charge is 0.481 e. The summed E-state index contributed by atoms with van der Waals surface area (Å²) in [5.74, 6) is -0.915. The van der Waals surface area contributed by atoms with Crippen molar-refractivity contribution >= 4 is 23.2 Å². The maximum atomic E-state index is 10.0. The molecule has 0 unspecified atom stereocenters. The van der Waals surface area contributed by atoms with Gasteiger partial charge in [-0.15, -0.1) is 6.58 Å². The summed E-state index contributed by atoms with van der Waals surface area (Å²) in [6.07, 6.45) is 1.51. The van der Waals surface area contributed by atoms with E-state index < -0.39 is 5.97 Å². The minimum absolute atomic E-state index is 0.108. The molecule has 4 heteroatoms. The highest BCUT2D eigenvalue weighted by atomic mass is 32.1. The van der Waals surface area contributed by atoms with Gasteiger partial charge in [0, 0.05) is 6.54 Å². The van der Waals surface area contributed by atoms with Crippen LogP contribution in [0.5, 0.6) is 0 Å². The molecule has 0 fully saturated rings. The van der Waals surface area contributed by atoms with Crippen LogP contribution in [0.25, 0.3) is 0 Å². The van der Waals surface area contributed by atoms with Crippen molar-refractivity contribution in [2.24, 2.45) is 0 Å². The number of carbonyl (C=O) groups is 1. The maximum Gasteiger partial charge on any atom is 0.310 e. The van der Waals surface area contributed by atoms with Crippen LogP contribution in [0.2, 0.25) is 0 Å². The number of carboxylic acids is 1. The van der Waals surface area contributed by atoms with Crippen LogP contribution in [0.15, 0.2) is 12.7 Å². The van der Waals surface area contributed by atoms with Crippen molar-refractivity contribution in [3.05, 3.63) is 12.7 Å². The molecule has 0 spiro atoms. The zero-order chi connectivity index (χ0) is 7.98. The van der Waals surface area contributed by atoms with Crippen molar-refractivity contribution in [2.75, 3.05) is 6.54 Å². The van der Waals surface area contributed by atoms with Gasteiger partial charge < -0.3 is 10.4 Å². The highest BCUT2D eigenvalue weighted by Crippen LogP contribution is 1.81. The molecule has 3 nitrogen and oxygen atoms in total. The Morgan fingerprint density at radius 2 is 2.40 bits per heavy atom. The molecule has 2 N–H and O–H groups in total. The van der Waals surface area contributed by atoms with E-state index in [9.17, 15) is 4.79 Å². The normalized spacial score (nSPS) is 8.40. The molecule has 0 radical (unpaired) electrons. The van der Waals surface area contributed by atoms with Crippen molar-refractivity contribution in [3.63, 3.8) is 0 Å². The van der Waals surface area contributed by atoms with E-state index in [0.717, 1.165) is 0 Å². The fourth-order valence-electron chi connectivity index (χ4n) is 0.386. The molecular formula is C6H9NO2S. The second kappa shape index (κ2) is 4.93. The third-order valence-corrected chi connectivity index (χ3v) is 1.04. The zero-order valence-corrected chi connectivity index (χ0v) is 6.28. The predicted molar refractivity (Wildman–Crippen MR) is 43.1 cm³/mol. The number of carboxylic acid groups (broad SMARTS) is 1. The average molecular weight is 159 g/mol. The van der Waals surface area contributed by atoms with E-state index in [4.69, 9.17) is 5.11 Å². The Balaban J connectivity index is 3.43. The summed E-state index contributed by atoms with van der Waals surface area (Å²) in [5, 5.41) is 10.9. The molecule has 0 aliphatic heterocycles. The Bertz CT molecular complexity index is 156. The molecule has 0 aromatic carbocycles. The van der Waals surface area contributed by atoms with Gasteiger partial charge in [0.25, 0.3) is 0 Å². The third-order valence-electron chi connectivity index (χ3n) is 0.755.